The zero-order valence-electron chi connectivity index (χ0n) is 25.3. The molecule has 2 heterocycles. The minimum Gasteiger partial charge on any atom is -0.490 e. The molecule has 3 aromatic carbocycles. The Labute approximate surface area is 269 Å². The van der Waals surface area contributed by atoms with Gasteiger partial charge in [-0.1, -0.05) is 65.4 Å². The van der Waals surface area contributed by atoms with Gasteiger partial charge in [0.25, 0.3) is 11.5 Å². The summed E-state index contributed by atoms with van der Waals surface area (Å²) < 4.78 is 18.9. The second kappa shape index (κ2) is 14.0. The highest BCUT2D eigenvalue weighted by Crippen LogP contribution is 2.34. The molecule has 9 nitrogen and oxygen atoms in total. The first-order chi connectivity index (χ1) is 21.7. The predicted octanol–water partition coefficient (Wildman–Crippen LogP) is 5.18. The van der Waals surface area contributed by atoms with Crippen LogP contribution in [-0.2, 0) is 14.3 Å². The van der Waals surface area contributed by atoms with Gasteiger partial charge >= 0.3 is 5.97 Å². The lowest BCUT2D eigenvalue weighted by atomic mass is 9.96. The van der Waals surface area contributed by atoms with Gasteiger partial charge in [0.1, 0.15) is 6.04 Å². The molecule has 0 fully saturated rings. The van der Waals surface area contributed by atoms with Crippen LogP contribution in [0, 0.1) is 6.92 Å². The van der Waals surface area contributed by atoms with Crippen molar-refractivity contribution in [2.24, 2.45) is 4.99 Å². The van der Waals surface area contributed by atoms with Crippen LogP contribution in [0.15, 0.2) is 87.8 Å². The first kappa shape index (κ1) is 31.7. The molecule has 4 aromatic rings. The Kier molecular flexibility index (Phi) is 9.85. The monoisotopic (exact) mass is 645 g/mol. The topological polar surface area (TPSA) is 108 Å². The van der Waals surface area contributed by atoms with E-state index < -0.39 is 12.0 Å². The Morgan fingerprint density at radius 3 is 2.49 bits per heavy atom. The summed E-state index contributed by atoms with van der Waals surface area (Å²) in [5, 5.41) is 3.26. The van der Waals surface area contributed by atoms with Gasteiger partial charge in [0, 0.05) is 10.7 Å². The zero-order valence-corrected chi connectivity index (χ0v) is 26.8. The molecule has 0 unspecified atom stereocenters. The number of amides is 1. The SMILES string of the molecule is CCOC(=O)C1=C(C)N=c2s/c(=C/c3ccc(OCC(=O)Nc4ccccc4C)c(OCC)c3)c(=O)n2[C@H]1c1ccccc1Cl. The molecule has 0 saturated carbocycles. The Morgan fingerprint density at radius 1 is 1.00 bits per heavy atom. The molecule has 0 radical (unpaired) electrons. The van der Waals surface area contributed by atoms with E-state index in [1.807, 2.05) is 38.1 Å². The average molecular weight is 646 g/mol. The standard InChI is InChI=1S/C34H32ClN3O6S/c1-5-42-27-17-22(15-16-26(27)44-19-29(39)37-25-14-10-7-11-20(25)3)18-28-32(40)38-31(23-12-8-9-13-24(23)35)30(33(41)43-6-2)21(4)36-34(38)45-28/h7-18,31H,5-6,19H2,1-4H3,(H,37,39)/b28-18+/t31-/m0/s1. The molecular formula is C34H32ClN3O6S. The van der Waals surface area contributed by atoms with Crippen molar-refractivity contribution in [1.82, 2.24) is 4.57 Å². The molecule has 0 aliphatic carbocycles. The maximum absolute atomic E-state index is 13.9. The molecule has 0 saturated heterocycles. The lowest BCUT2D eigenvalue weighted by Gasteiger charge is -2.25. The smallest absolute Gasteiger partial charge is 0.338 e. The largest absolute Gasteiger partial charge is 0.490 e. The molecule has 0 bridgehead atoms. The number of thiazole rings is 1. The summed E-state index contributed by atoms with van der Waals surface area (Å²) >= 11 is 7.79. The van der Waals surface area contributed by atoms with E-state index in [1.54, 1.807) is 62.4 Å². The van der Waals surface area contributed by atoms with Crippen molar-refractivity contribution in [2.45, 2.75) is 33.7 Å². The van der Waals surface area contributed by atoms with E-state index in [0.717, 1.165) is 5.56 Å². The van der Waals surface area contributed by atoms with Gasteiger partial charge in [-0.05, 0) is 74.7 Å². The van der Waals surface area contributed by atoms with Gasteiger partial charge in [0.2, 0.25) is 0 Å². The summed E-state index contributed by atoms with van der Waals surface area (Å²) in [6.07, 6.45) is 1.73. The van der Waals surface area contributed by atoms with Crippen molar-refractivity contribution < 1.29 is 23.8 Å². The summed E-state index contributed by atoms with van der Waals surface area (Å²) in [6.45, 7) is 7.53. The predicted molar refractivity (Wildman–Crippen MR) is 175 cm³/mol. The third kappa shape index (κ3) is 6.87. The number of hydrogen-bond donors (Lipinski definition) is 1. The van der Waals surface area contributed by atoms with E-state index in [0.29, 0.717) is 55.0 Å². The summed E-state index contributed by atoms with van der Waals surface area (Å²) in [4.78, 5) is 44.6. The Morgan fingerprint density at radius 2 is 1.76 bits per heavy atom. The molecule has 1 aromatic heterocycles. The molecule has 1 aliphatic rings. The van der Waals surface area contributed by atoms with Crippen LogP contribution in [0.4, 0.5) is 5.69 Å². The number of ether oxygens (including phenoxy) is 3. The number of rotatable bonds is 10. The van der Waals surface area contributed by atoms with E-state index in [4.69, 9.17) is 25.8 Å². The van der Waals surface area contributed by atoms with Crippen molar-refractivity contribution in [3.05, 3.63) is 119 Å². The molecule has 1 aliphatic heterocycles. The quantitative estimate of drug-likeness (QED) is 0.238. The number of aryl methyl sites for hydroxylation is 1. The van der Waals surface area contributed by atoms with Crippen molar-refractivity contribution in [2.75, 3.05) is 25.1 Å². The first-order valence-corrected chi connectivity index (χ1v) is 15.6. The average Bonchev–Trinajstić information content (AvgIpc) is 3.31. The highest BCUT2D eigenvalue weighted by atomic mass is 35.5. The number of aromatic nitrogens is 1. The number of anilines is 1. The fraction of sp³-hybridized carbons (Fsp3) is 0.235. The van der Waals surface area contributed by atoms with Crippen molar-refractivity contribution in [1.29, 1.82) is 0 Å². The summed E-state index contributed by atoms with van der Waals surface area (Å²) in [5.41, 5.74) is 3.32. The minimum absolute atomic E-state index is 0.175. The molecule has 11 heteroatoms. The van der Waals surface area contributed by atoms with E-state index in [2.05, 4.69) is 10.3 Å². The van der Waals surface area contributed by atoms with Crippen LogP contribution in [0.25, 0.3) is 6.08 Å². The van der Waals surface area contributed by atoms with E-state index in [1.165, 1.54) is 15.9 Å². The molecule has 45 heavy (non-hydrogen) atoms. The number of allylic oxidation sites excluding steroid dienone is 1. The number of para-hydroxylation sites is 1. The molecule has 0 spiro atoms. The number of halogens is 1. The fourth-order valence-corrected chi connectivity index (χ4v) is 6.26. The van der Waals surface area contributed by atoms with Gasteiger partial charge in [-0.15, -0.1) is 0 Å². The van der Waals surface area contributed by atoms with Crippen molar-refractivity contribution >= 4 is 46.6 Å². The van der Waals surface area contributed by atoms with Gasteiger partial charge < -0.3 is 19.5 Å². The third-order valence-electron chi connectivity index (χ3n) is 7.06. The maximum atomic E-state index is 13.9. The lowest BCUT2D eigenvalue weighted by Crippen LogP contribution is -2.40. The van der Waals surface area contributed by atoms with Gasteiger partial charge in [-0.3, -0.25) is 14.2 Å². The molecule has 232 valence electrons. The van der Waals surface area contributed by atoms with E-state index >= 15 is 0 Å². The van der Waals surface area contributed by atoms with Crippen LogP contribution >= 0.6 is 22.9 Å². The molecule has 1 amide bonds. The summed E-state index contributed by atoms with van der Waals surface area (Å²) in [6, 6.07) is 19.0. The first-order valence-electron chi connectivity index (χ1n) is 14.4. The number of benzene rings is 3. The normalized spacial score (nSPS) is 14.4. The highest BCUT2D eigenvalue weighted by molar-refractivity contribution is 7.07. The fourth-order valence-electron chi connectivity index (χ4n) is 4.98. The van der Waals surface area contributed by atoms with Gasteiger partial charge in [0.05, 0.1) is 29.0 Å². The number of carbonyl (C=O) groups excluding carboxylic acids is 2. The molecule has 5 rings (SSSR count). The third-order valence-corrected chi connectivity index (χ3v) is 8.39. The second-order valence-corrected chi connectivity index (χ2v) is 11.5. The minimum atomic E-state index is -0.809. The van der Waals surface area contributed by atoms with Crippen LogP contribution in [0.2, 0.25) is 5.02 Å². The maximum Gasteiger partial charge on any atom is 0.338 e. The highest BCUT2D eigenvalue weighted by Gasteiger charge is 2.34. The molecule has 1 atom stereocenters. The number of nitrogens with zero attached hydrogens (tertiary/aromatic N) is 2. The van der Waals surface area contributed by atoms with Crippen LogP contribution in [-0.4, -0.2) is 36.3 Å². The van der Waals surface area contributed by atoms with Gasteiger partial charge in [-0.25, -0.2) is 9.79 Å². The lowest BCUT2D eigenvalue weighted by molar-refractivity contribution is -0.139. The number of hydrogen-bond acceptors (Lipinski definition) is 8. The van der Waals surface area contributed by atoms with Crippen LogP contribution in [0.5, 0.6) is 11.5 Å². The Balaban J connectivity index is 1.49. The Bertz CT molecular complexity index is 1980. The van der Waals surface area contributed by atoms with Crippen molar-refractivity contribution in [3.8, 4) is 11.5 Å². The number of fused-ring (bicyclic) bond motifs is 1. The van der Waals surface area contributed by atoms with E-state index in [9.17, 15) is 14.4 Å². The van der Waals surface area contributed by atoms with Crippen LogP contribution in [0.3, 0.4) is 0 Å². The van der Waals surface area contributed by atoms with Gasteiger partial charge in [0.15, 0.2) is 22.9 Å². The van der Waals surface area contributed by atoms with E-state index in [-0.39, 0.29) is 30.3 Å². The van der Waals surface area contributed by atoms with Gasteiger partial charge in [-0.2, -0.15) is 0 Å². The van der Waals surface area contributed by atoms with Crippen LogP contribution < -0.4 is 29.7 Å². The van der Waals surface area contributed by atoms with Crippen LogP contribution in [0.1, 0.15) is 43.5 Å². The number of nitrogens with one attached hydrogen (secondary N) is 1. The second-order valence-electron chi connectivity index (χ2n) is 10.1. The van der Waals surface area contributed by atoms with Crippen molar-refractivity contribution in [3.63, 3.8) is 0 Å². The summed E-state index contributed by atoms with van der Waals surface area (Å²) in [7, 11) is 0. The summed E-state index contributed by atoms with van der Waals surface area (Å²) in [5.74, 6) is -0.0362. The zero-order chi connectivity index (χ0) is 32.1. The molecular weight excluding hydrogens is 614 g/mol. The Hall–Kier alpha value is -4.67. The number of carbonyl (C=O) groups is 2. The molecule has 1 N–H and O–H groups in total. The number of esters is 1.